The summed E-state index contributed by atoms with van der Waals surface area (Å²) in [5.41, 5.74) is 0.796. The lowest BCUT2D eigenvalue weighted by Crippen LogP contribution is -1.76. The van der Waals surface area contributed by atoms with E-state index in [0.29, 0.717) is 0 Å². The van der Waals surface area contributed by atoms with E-state index in [-0.39, 0.29) is 6.17 Å². The Morgan fingerprint density at radius 2 is 3.00 bits per heavy atom. The van der Waals surface area contributed by atoms with E-state index >= 15 is 0 Å². The topological polar surface area (TPSA) is 41.6 Å². The Labute approximate surface area is 43.2 Å². The number of hydrogen-bond donors (Lipinski definition) is 1. The Morgan fingerprint density at radius 3 is 3.29 bits per heavy atom. The van der Waals surface area contributed by atoms with Gasteiger partial charge in [0, 0.05) is 0 Å². The summed E-state index contributed by atoms with van der Waals surface area (Å²) in [6, 6.07) is 0. The molecule has 0 bridgehead atoms. The summed E-state index contributed by atoms with van der Waals surface area (Å²) in [7, 11) is 0. The van der Waals surface area contributed by atoms with E-state index in [1.54, 1.807) is 0 Å². The molecule has 0 aliphatic heterocycles. The molecule has 0 atom stereocenters. The van der Waals surface area contributed by atoms with Crippen molar-refractivity contribution in [3.63, 3.8) is 0 Å². The number of nitrogens with zero attached hydrogens (tertiary/aromatic N) is 2. The molecule has 0 aliphatic carbocycles. The number of hydrogen-bond acceptors (Lipinski definition) is 2. The summed E-state index contributed by atoms with van der Waals surface area (Å²) < 4.78 is 7.05. The molecule has 38 valence electrons. The van der Waals surface area contributed by atoms with Crippen molar-refractivity contribution in [2.24, 2.45) is 0 Å². The third-order valence-electron chi connectivity index (χ3n) is 0.773. The molecule has 1 N–H and O–H groups in total. The summed E-state index contributed by atoms with van der Waals surface area (Å²) in [5.74, 6) is 0. The molecule has 0 amide bonds. The summed E-state index contributed by atoms with van der Waals surface area (Å²) >= 11 is 0. The minimum Gasteiger partial charge on any atom is -0.262 e. The van der Waals surface area contributed by atoms with E-state index in [2.05, 4.69) is 15.4 Å². The number of H-pyrrole nitrogens is 1. The molecule has 0 aliphatic rings. The van der Waals surface area contributed by atoms with Gasteiger partial charge in [0.15, 0.2) is 0 Å². The van der Waals surface area contributed by atoms with Crippen LogP contribution in [0.3, 0.4) is 0 Å². The van der Waals surface area contributed by atoms with Gasteiger partial charge in [-0.25, -0.2) is 0 Å². The highest BCUT2D eigenvalue weighted by Crippen LogP contribution is 1.85. The van der Waals surface area contributed by atoms with Crippen molar-refractivity contribution in [3.05, 3.63) is 11.9 Å². The Bertz CT molecular complexity index is 172. The van der Waals surface area contributed by atoms with Crippen molar-refractivity contribution in [1.82, 2.24) is 15.4 Å². The molecule has 0 saturated carbocycles. The van der Waals surface area contributed by atoms with Crippen LogP contribution in [0, 0.1) is 0 Å². The van der Waals surface area contributed by atoms with Crippen molar-refractivity contribution in [2.45, 2.75) is 13.3 Å². The van der Waals surface area contributed by atoms with Gasteiger partial charge in [0.25, 0.3) is 0 Å². The fourth-order valence-electron chi connectivity index (χ4n) is 0.354. The van der Waals surface area contributed by atoms with Gasteiger partial charge in [0.05, 0.1) is 13.2 Å². The summed E-state index contributed by atoms with van der Waals surface area (Å²) in [5, 5.41) is 9.49. The van der Waals surface area contributed by atoms with Crippen LogP contribution < -0.4 is 0 Å². The zero-order valence-corrected chi connectivity index (χ0v) is 4.10. The SMILES string of the molecule is [2H]c1nn[nH]c1CC. The molecule has 0 unspecified atom stereocenters. The molecular formula is C4H7N3. The van der Waals surface area contributed by atoms with Gasteiger partial charge >= 0.3 is 0 Å². The fraction of sp³-hybridized carbons (Fsp3) is 0.500. The second kappa shape index (κ2) is 1.73. The number of nitrogens with one attached hydrogen (secondary N) is 1. The van der Waals surface area contributed by atoms with Gasteiger partial charge in [-0.15, -0.1) is 5.10 Å². The highest BCUT2D eigenvalue weighted by molar-refractivity contribution is 4.87. The monoisotopic (exact) mass is 98.1 g/mol. The minimum atomic E-state index is 0.257. The number of rotatable bonds is 1. The lowest BCUT2D eigenvalue weighted by molar-refractivity contribution is 0.908. The Kier molecular flexibility index (Phi) is 0.786. The van der Waals surface area contributed by atoms with Crippen molar-refractivity contribution in [2.75, 3.05) is 0 Å². The van der Waals surface area contributed by atoms with E-state index in [1.165, 1.54) is 0 Å². The van der Waals surface area contributed by atoms with Gasteiger partial charge in [-0.05, 0) is 6.42 Å². The lowest BCUT2D eigenvalue weighted by atomic mass is 10.4. The summed E-state index contributed by atoms with van der Waals surface area (Å²) in [4.78, 5) is 0. The van der Waals surface area contributed by atoms with E-state index < -0.39 is 0 Å². The van der Waals surface area contributed by atoms with Crippen LogP contribution in [0.15, 0.2) is 6.17 Å². The van der Waals surface area contributed by atoms with Crippen LogP contribution in [0.4, 0.5) is 0 Å². The summed E-state index contributed by atoms with van der Waals surface area (Å²) in [6.07, 6.45) is 1.05. The van der Waals surface area contributed by atoms with Gasteiger partial charge in [0.1, 0.15) is 0 Å². The zero-order chi connectivity index (χ0) is 5.98. The van der Waals surface area contributed by atoms with Crippen molar-refractivity contribution >= 4 is 0 Å². The van der Waals surface area contributed by atoms with Crippen LogP contribution in [0.1, 0.15) is 14.0 Å². The van der Waals surface area contributed by atoms with Crippen molar-refractivity contribution in [1.29, 1.82) is 0 Å². The van der Waals surface area contributed by atoms with Crippen LogP contribution >= 0.6 is 0 Å². The first kappa shape index (κ1) is 3.18. The molecule has 0 spiro atoms. The molecule has 7 heavy (non-hydrogen) atoms. The molecule has 1 aromatic heterocycles. The second-order valence-corrected chi connectivity index (χ2v) is 1.26. The first-order valence-electron chi connectivity index (χ1n) is 2.71. The highest BCUT2D eigenvalue weighted by Gasteiger charge is 1.83. The quantitative estimate of drug-likeness (QED) is 0.551. The predicted molar refractivity (Wildman–Crippen MR) is 25.8 cm³/mol. The Balaban J connectivity index is 2.92. The maximum Gasteiger partial charge on any atom is 0.0880 e. The number of aromatic nitrogens is 3. The zero-order valence-electron chi connectivity index (χ0n) is 5.10. The number of aryl methyl sites for hydroxylation is 1. The standard InChI is InChI=1S/C4H7N3/c1-2-4-3-5-7-6-4/h3H,2H2,1H3,(H,5,6,7)/i3D. The van der Waals surface area contributed by atoms with Gasteiger partial charge in [0.2, 0.25) is 0 Å². The van der Waals surface area contributed by atoms with Crippen LogP contribution in [-0.2, 0) is 6.42 Å². The molecule has 1 rings (SSSR count). The van der Waals surface area contributed by atoms with E-state index in [0.717, 1.165) is 12.1 Å². The third kappa shape index (κ3) is 0.765. The largest absolute Gasteiger partial charge is 0.262 e. The molecule has 0 radical (unpaired) electrons. The number of aromatic amines is 1. The van der Waals surface area contributed by atoms with Crippen molar-refractivity contribution in [3.8, 4) is 0 Å². The third-order valence-corrected chi connectivity index (χ3v) is 0.773. The second-order valence-electron chi connectivity index (χ2n) is 1.26. The first-order valence-corrected chi connectivity index (χ1v) is 2.21. The average molecular weight is 98.1 g/mol. The normalized spacial score (nSPS) is 11.3. The Morgan fingerprint density at radius 1 is 2.14 bits per heavy atom. The maximum atomic E-state index is 7.05. The van der Waals surface area contributed by atoms with E-state index in [9.17, 15) is 0 Å². The molecule has 3 nitrogen and oxygen atoms in total. The molecule has 0 fully saturated rings. The highest BCUT2D eigenvalue weighted by atomic mass is 15.3. The lowest BCUT2D eigenvalue weighted by Gasteiger charge is -1.77. The van der Waals surface area contributed by atoms with Gasteiger partial charge in [-0.3, -0.25) is 5.10 Å². The van der Waals surface area contributed by atoms with Crippen LogP contribution in [-0.4, -0.2) is 15.4 Å². The smallest absolute Gasteiger partial charge is 0.0880 e. The van der Waals surface area contributed by atoms with E-state index in [1.807, 2.05) is 6.92 Å². The molecular weight excluding hydrogens is 90.1 g/mol. The van der Waals surface area contributed by atoms with Gasteiger partial charge < -0.3 is 0 Å². The minimum absolute atomic E-state index is 0.257. The Hall–Kier alpha value is -0.860. The molecule has 0 aromatic carbocycles. The van der Waals surface area contributed by atoms with Gasteiger partial charge in [-0.1, -0.05) is 12.1 Å². The van der Waals surface area contributed by atoms with Crippen LogP contribution in [0.25, 0.3) is 0 Å². The molecule has 3 heteroatoms. The molecule has 1 heterocycles. The first-order chi connectivity index (χ1) is 3.84. The van der Waals surface area contributed by atoms with Crippen LogP contribution in [0.5, 0.6) is 0 Å². The fourth-order valence-corrected chi connectivity index (χ4v) is 0.354. The average Bonchev–Trinajstić information content (AvgIpc) is 2.14. The van der Waals surface area contributed by atoms with E-state index in [4.69, 9.17) is 1.37 Å². The summed E-state index contributed by atoms with van der Waals surface area (Å²) in [6.45, 7) is 1.95. The van der Waals surface area contributed by atoms with Crippen LogP contribution in [0.2, 0.25) is 0 Å². The van der Waals surface area contributed by atoms with Crippen molar-refractivity contribution < 1.29 is 1.37 Å². The molecule has 0 saturated heterocycles. The predicted octanol–water partition coefficient (Wildman–Crippen LogP) is 0.367. The molecule has 1 aromatic rings. The maximum absolute atomic E-state index is 7.05. The van der Waals surface area contributed by atoms with Gasteiger partial charge in [-0.2, -0.15) is 0 Å².